The summed E-state index contributed by atoms with van der Waals surface area (Å²) < 4.78 is 5.75. The van der Waals surface area contributed by atoms with E-state index in [0.717, 1.165) is 13.0 Å². The van der Waals surface area contributed by atoms with E-state index in [4.69, 9.17) is 10.6 Å². The normalized spacial score (nSPS) is 23.2. The van der Waals surface area contributed by atoms with Gasteiger partial charge in [-0.25, -0.2) is 0 Å². The Morgan fingerprint density at radius 2 is 2.44 bits per heavy atom. The number of nitrogens with two attached hydrogens (primary N) is 1. The van der Waals surface area contributed by atoms with Crippen LogP contribution in [0, 0.1) is 6.92 Å². The standard InChI is InChI=1S/C12H20N2OS/c1-9-5-6-12(16-9)11(14-13)8-10-4-2-3-7-15-10/h5-6,10-11,14H,2-4,7-8,13H2,1H3. The Morgan fingerprint density at radius 3 is 3.00 bits per heavy atom. The summed E-state index contributed by atoms with van der Waals surface area (Å²) in [6, 6.07) is 4.54. The minimum Gasteiger partial charge on any atom is -0.378 e. The van der Waals surface area contributed by atoms with Crippen LogP contribution in [-0.2, 0) is 4.74 Å². The van der Waals surface area contributed by atoms with Gasteiger partial charge in [-0.3, -0.25) is 11.3 Å². The number of ether oxygens (including phenoxy) is 1. The van der Waals surface area contributed by atoms with Crippen molar-refractivity contribution in [3.8, 4) is 0 Å². The highest BCUT2D eigenvalue weighted by Gasteiger charge is 2.20. The van der Waals surface area contributed by atoms with E-state index in [1.165, 1.54) is 29.0 Å². The third-order valence-electron chi connectivity index (χ3n) is 3.08. The van der Waals surface area contributed by atoms with Crippen LogP contribution in [0.5, 0.6) is 0 Å². The fraction of sp³-hybridized carbons (Fsp3) is 0.667. The fourth-order valence-corrected chi connectivity index (χ4v) is 3.11. The lowest BCUT2D eigenvalue weighted by molar-refractivity contribution is 0.00524. The molecule has 1 aromatic rings. The van der Waals surface area contributed by atoms with Crippen molar-refractivity contribution in [3.63, 3.8) is 0 Å². The monoisotopic (exact) mass is 240 g/mol. The van der Waals surface area contributed by atoms with Gasteiger partial charge in [-0.2, -0.15) is 0 Å². The van der Waals surface area contributed by atoms with Crippen LogP contribution in [0.3, 0.4) is 0 Å². The molecular formula is C12H20N2OS. The quantitative estimate of drug-likeness (QED) is 0.628. The highest BCUT2D eigenvalue weighted by molar-refractivity contribution is 7.12. The zero-order chi connectivity index (χ0) is 11.4. The lowest BCUT2D eigenvalue weighted by Gasteiger charge is -2.26. The van der Waals surface area contributed by atoms with E-state index in [9.17, 15) is 0 Å². The van der Waals surface area contributed by atoms with Crippen molar-refractivity contribution in [2.75, 3.05) is 6.61 Å². The number of aryl methyl sites for hydroxylation is 1. The number of thiophene rings is 1. The summed E-state index contributed by atoms with van der Waals surface area (Å²) in [4.78, 5) is 2.65. The Morgan fingerprint density at radius 1 is 1.56 bits per heavy atom. The van der Waals surface area contributed by atoms with Gasteiger partial charge in [0.25, 0.3) is 0 Å². The summed E-state index contributed by atoms with van der Waals surface area (Å²) >= 11 is 1.81. The van der Waals surface area contributed by atoms with Crippen molar-refractivity contribution >= 4 is 11.3 Å². The van der Waals surface area contributed by atoms with E-state index in [2.05, 4.69) is 24.5 Å². The van der Waals surface area contributed by atoms with E-state index < -0.39 is 0 Å². The molecule has 0 aromatic carbocycles. The molecule has 0 radical (unpaired) electrons. The Labute approximate surface area is 101 Å². The fourth-order valence-electron chi connectivity index (χ4n) is 2.16. The number of hydrogen-bond acceptors (Lipinski definition) is 4. The maximum atomic E-state index is 5.75. The van der Waals surface area contributed by atoms with E-state index in [0.29, 0.717) is 6.10 Å². The van der Waals surface area contributed by atoms with Gasteiger partial charge in [0.2, 0.25) is 0 Å². The maximum Gasteiger partial charge on any atom is 0.0594 e. The van der Waals surface area contributed by atoms with Gasteiger partial charge >= 0.3 is 0 Å². The van der Waals surface area contributed by atoms with Gasteiger partial charge in [-0.15, -0.1) is 11.3 Å². The number of hydrazine groups is 1. The predicted octanol–water partition coefficient (Wildman–Crippen LogP) is 2.52. The predicted molar refractivity (Wildman–Crippen MR) is 67.3 cm³/mol. The molecule has 2 atom stereocenters. The molecule has 0 aliphatic carbocycles. The Hall–Kier alpha value is -0.420. The molecular weight excluding hydrogens is 220 g/mol. The Balaban J connectivity index is 1.94. The summed E-state index contributed by atoms with van der Waals surface area (Å²) in [6.07, 6.45) is 5.01. The topological polar surface area (TPSA) is 47.3 Å². The first-order chi connectivity index (χ1) is 7.79. The molecule has 2 heterocycles. The summed E-state index contributed by atoms with van der Waals surface area (Å²) in [6.45, 7) is 3.03. The third kappa shape index (κ3) is 3.04. The molecule has 3 nitrogen and oxygen atoms in total. The molecule has 2 rings (SSSR count). The molecule has 0 spiro atoms. The zero-order valence-corrected chi connectivity index (χ0v) is 10.6. The lowest BCUT2D eigenvalue weighted by Crippen LogP contribution is -2.32. The Bertz CT molecular complexity index is 321. The summed E-state index contributed by atoms with van der Waals surface area (Å²) in [5.74, 6) is 5.63. The lowest BCUT2D eigenvalue weighted by atomic mass is 10.0. The summed E-state index contributed by atoms with van der Waals surface area (Å²) in [5.41, 5.74) is 2.91. The van der Waals surface area contributed by atoms with Crippen molar-refractivity contribution < 1.29 is 4.74 Å². The molecule has 1 aromatic heterocycles. The van der Waals surface area contributed by atoms with Crippen LogP contribution in [0.15, 0.2) is 12.1 Å². The summed E-state index contributed by atoms with van der Waals surface area (Å²) in [7, 11) is 0. The first-order valence-corrected chi connectivity index (χ1v) is 6.75. The first kappa shape index (κ1) is 12.0. The van der Waals surface area contributed by atoms with Crippen molar-refractivity contribution in [1.29, 1.82) is 0 Å². The number of nitrogens with one attached hydrogen (secondary N) is 1. The number of hydrogen-bond donors (Lipinski definition) is 2. The Kier molecular flexibility index (Phi) is 4.35. The van der Waals surface area contributed by atoms with Gasteiger partial charge in [0.1, 0.15) is 0 Å². The molecule has 4 heteroatoms. The van der Waals surface area contributed by atoms with E-state index in [1.807, 2.05) is 11.3 Å². The molecule has 2 unspecified atom stereocenters. The molecule has 16 heavy (non-hydrogen) atoms. The highest BCUT2D eigenvalue weighted by atomic mass is 32.1. The molecule has 1 saturated heterocycles. The van der Waals surface area contributed by atoms with Gasteiger partial charge in [-0.05, 0) is 44.7 Å². The van der Waals surface area contributed by atoms with Crippen molar-refractivity contribution in [2.24, 2.45) is 5.84 Å². The first-order valence-electron chi connectivity index (χ1n) is 5.93. The minimum atomic E-state index is 0.238. The highest BCUT2D eigenvalue weighted by Crippen LogP contribution is 2.28. The van der Waals surface area contributed by atoms with Crippen LogP contribution in [0.25, 0.3) is 0 Å². The smallest absolute Gasteiger partial charge is 0.0594 e. The summed E-state index contributed by atoms with van der Waals surface area (Å²) in [5, 5.41) is 0. The molecule has 0 saturated carbocycles. The van der Waals surface area contributed by atoms with E-state index >= 15 is 0 Å². The van der Waals surface area contributed by atoms with Crippen molar-refractivity contribution in [2.45, 2.75) is 44.8 Å². The van der Waals surface area contributed by atoms with Gasteiger partial charge in [-0.1, -0.05) is 0 Å². The molecule has 1 aliphatic rings. The van der Waals surface area contributed by atoms with Crippen molar-refractivity contribution in [1.82, 2.24) is 5.43 Å². The van der Waals surface area contributed by atoms with E-state index in [1.54, 1.807) is 0 Å². The second kappa shape index (κ2) is 5.77. The SMILES string of the molecule is Cc1ccc(C(CC2CCCCO2)NN)s1. The van der Waals surface area contributed by atoms with Crippen LogP contribution in [0.4, 0.5) is 0 Å². The largest absolute Gasteiger partial charge is 0.378 e. The van der Waals surface area contributed by atoms with Crippen molar-refractivity contribution in [3.05, 3.63) is 21.9 Å². The van der Waals surface area contributed by atoms with Crippen LogP contribution >= 0.6 is 11.3 Å². The average molecular weight is 240 g/mol. The van der Waals surface area contributed by atoms with Gasteiger partial charge in [0.05, 0.1) is 12.1 Å². The number of rotatable bonds is 4. The molecule has 3 N–H and O–H groups in total. The van der Waals surface area contributed by atoms with Gasteiger partial charge in [0, 0.05) is 16.4 Å². The molecule has 0 bridgehead atoms. The maximum absolute atomic E-state index is 5.75. The molecule has 1 aliphatic heterocycles. The van der Waals surface area contributed by atoms with E-state index in [-0.39, 0.29) is 6.04 Å². The minimum absolute atomic E-state index is 0.238. The van der Waals surface area contributed by atoms with Crippen LogP contribution < -0.4 is 11.3 Å². The average Bonchev–Trinajstić information content (AvgIpc) is 2.74. The van der Waals surface area contributed by atoms with Crippen LogP contribution in [0.2, 0.25) is 0 Å². The van der Waals surface area contributed by atoms with Crippen LogP contribution in [0.1, 0.15) is 41.5 Å². The van der Waals surface area contributed by atoms with Crippen LogP contribution in [-0.4, -0.2) is 12.7 Å². The molecule has 0 amide bonds. The molecule has 1 fully saturated rings. The molecule has 90 valence electrons. The second-order valence-corrected chi connectivity index (χ2v) is 5.71. The zero-order valence-electron chi connectivity index (χ0n) is 9.74. The third-order valence-corrected chi connectivity index (χ3v) is 4.19. The van der Waals surface area contributed by atoms with Gasteiger partial charge < -0.3 is 4.74 Å². The second-order valence-electron chi connectivity index (χ2n) is 4.39. The van der Waals surface area contributed by atoms with Gasteiger partial charge in [0.15, 0.2) is 0 Å².